The lowest BCUT2D eigenvalue weighted by molar-refractivity contribution is -0.122. The van der Waals surface area contributed by atoms with E-state index in [4.69, 9.17) is 20.9 Å². The molecule has 0 spiro atoms. The molecule has 168 valence electrons. The number of nitrogen functional groups attached to an aromatic ring is 1. The Bertz CT molecular complexity index is 1130. The summed E-state index contributed by atoms with van der Waals surface area (Å²) in [5, 5.41) is 16.5. The molecular formula is C24H26F2N4O2. The molecule has 6 nitrogen and oxygen atoms in total. The molecule has 2 bridgehead atoms. The van der Waals surface area contributed by atoms with E-state index in [1.807, 2.05) is 6.07 Å². The van der Waals surface area contributed by atoms with Crippen molar-refractivity contribution < 1.29 is 18.7 Å². The average Bonchev–Trinajstić information content (AvgIpc) is 3.20. The van der Waals surface area contributed by atoms with Crippen molar-refractivity contribution in [3.63, 3.8) is 0 Å². The molecule has 1 atom stereocenters. The van der Waals surface area contributed by atoms with Crippen LogP contribution in [0.1, 0.15) is 44.6 Å². The van der Waals surface area contributed by atoms with Crippen molar-refractivity contribution in [3.8, 4) is 17.2 Å². The highest BCUT2D eigenvalue weighted by Crippen LogP contribution is 2.44. The van der Waals surface area contributed by atoms with Gasteiger partial charge in [0.2, 0.25) is 0 Å². The summed E-state index contributed by atoms with van der Waals surface area (Å²) in [6.45, 7) is 2.19. The molecule has 4 N–H and O–H groups in total. The summed E-state index contributed by atoms with van der Waals surface area (Å²) < 4.78 is 26.7. The lowest BCUT2D eigenvalue weighted by Crippen LogP contribution is -2.29. The van der Waals surface area contributed by atoms with Crippen molar-refractivity contribution in [2.45, 2.75) is 39.0 Å². The minimum atomic E-state index is -0.658. The van der Waals surface area contributed by atoms with Crippen molar-refractivity contribution >= 4 is 23.2 Å². The van der Waals surface area contributed by atoms with E-state index in [1.54, 1.807) is 38.3 Å². The lowest BCUT2D eigenvalue weighted by atomic mass is 9.65. The first-order chi connectivity index (χ1) is 15.4. The first-order valence-electron chi connectivity index (χ1n) is 10.6. The standard InChI is InChI=1S/C14H8F2N4.C9H16.CH2O2/c15-8-2-10-11(6-20-14(10)19-5-8)9-3-13(18)12(16)1-7(9)4-17;1-7-6-8-2-4-9(7)5-3-8;2-1-3/h1-3,5-6H,18H2,(H,19,20);7-9H,2-6H2,1H3;1H,(H,2,3). The van der Waals surface area contributed by atoms with Gasteiger partial charge in [0.05, 0.1) is 23.5 Å². The molecule has 6 rings (SSSR count). The maximum Gasteiger partial charge on any atom is 0.290 e. The number of nitrogens with one attached hydrogen (secondary N) is 1. The van der Waals surface area contributed by atoms with Crippen molar-refractivity contribution in [1.29, 1.82) is 5.26 Å². The van der Waals surface area contributed by atoms with Gasteiger partial charge in [-0.25, -0.2) is 13.8 Å². The van der Waals surface area contributed by atoms with Crippen molar-refractivity contribution in [3.05, 3.63) is 47.8 Å². The van der Waals surface area contributed by atoms with E-state index in [9.17, 15) is 8.78 Å². The number of carboxylic acid groups (broad SMARTS) is 1. The molecule has 3 fully saturated rings. The molecule has 0 amide bonds. The van der Waals surface area contributed by atoms with Gasteiger partial charge in [-0.15, -0.1) is 0 Å². The zero-order chi connectivity index (χ0) is 23.3. The molecule has 0 saturated heterocycles. The number of H-pyrrole nitrogens is 1. The third-order valence-electron chi connectivity index (χ3n) is 6.45. The van der Waals surface area contributed by atoms with Crippen LogP contribution in [0, 0.1) is 40.7 Å². The number of hydrogen-bond acceptors (Lipinski definition) is 4. The van der Waals surface area contributed by atoms with Gasteiger partial charge in [-0.1, -0.05) is 19.8 Å². The average molecular weight is 440 g/mol. The number of hydrogen-bond donors (Lipinski definition) is 3. The van der Waals surface area contributed by atoms with Crippen LogP contribution in [0.15, 0.2) is 30.6 Å². The summed E-state index contributed by atoms with van der Waals surface area (Å²) in [4.78, 5) is 15.1. The maximum atomic E-state index is 13.4. The number of nitrogens with two attached hydrogens (primary N) is 1. The normalized spacial score (nSPS) is 21.0. The van der Waals surface area contributed by atoms with Gasteiger partial charge in [-0.2, -0.15) is 5.26 Å². The molecule has 3 aliphatic carbocycles. The third-order valence-corrected chi connectivity index (χ3v) is 6.45. The van der Waals surface area contributed by atoms with Crippen LogP contribution in [0.5, 0.6) is 0 Å². The Morgan fingerprint density at radius 2 is 1.91 bits per heavy atom. The van der Waals surface area contributed by atoms with Crippen molar-refractivity contribution in [2.24, 2.45) is 17.8 Å². The molecule has 3 aromatic rings. The minimum absolute atomic E-state index is 0.0716. The predicted molar refractivity (Wildman–Crippen MR) is 118 cm³/mol. The van der Waals surface area contributed by atoms with E-state index >= 15 is 0 Å². The van der Waals surface area contributed by atoms with Gasteiger partial charge in [0.25, 0.3) is 6.47 Å². The van der Waals surface area contributed by atoms with E-state index in [1.165, 1.54) is 12.1 Å². The van der Waals surface area contributed by atoms with Gasteiger partial charge >= 0.3 is 0 Å². The summed E-state index contributed by atoms with van der Waals surface area (Å²) >= 11 is 0. The minimum Gasteiger partial charge on any atom is -0.483 e. The van der Waals surface area contributed by atoms with Gasteiger partial charge in [0, 0.05) is 22.7 Å². The van der Waals surface area contributed by atoms with Crippen LogP contribution in [0.25, 0.3) is 22.2 Å². The van der Waals surface area contributed by atoms with Gasteiger partial charge in [0.15, 0.2) is 0 Å². The maximum absolute atomic E-state index is 13.4. The summed E-state index contributed by atoms with van der Waals surface area (Å²) in [6.07, 6.45) is 10.4. The molecule has 1 unspecified atom stereocenters. The first-order valence-corrected chi connectivity index (χ1v) is 10.6. The van der Waals surface area contributed by atoms with E-state index < -0.39 is 11.6 Å². The second kappa shape index (κ2) is 10.2. The highest BCUT2D eigenvalue weighted by Gasteiger charge is 2.32. The number of fused-ring (bicyclic) bond motifs is 4. The van der Waals surface area contributed by atoms with Crippen LogP contribution in [0.3, 0.4) is 0 Å². The van der Waals surface area contributed by atoms with Gasteiger partial charge in [-0.3, -0.25) is 4.79 Å². The molecule has 32 heavy (non-hydrogen) atoms. The van der Waals surface area contributed by atoms with Crippen LogP contribution in [0.2, 0.25) is 0 Å². The van der Waals surface area contributed by atoms with Crippen molar-refractivity contribution in [1.82, 2.24) is 9.97 Å². The predicted octanol–water partition coefficient (Wildman–Crippen LogP) is 5.50. The topological polar surface area (TPSA) is 116 Å². The molecule has 0 radical (unpaired) electrons. The Morgan fingerprint density at radius 3 is 2.44 bits per heavy atom. The second-order valence-electron chi connectivity index (χ2n) is 8.38. The van der Waals surface area contributed by atoms with Gasteiger partial charge in [0.1, 0.15) is 17.3 Å². The van der Waals surface area contributed by atoms with Crippen LogP contribution in [0.4, 0.5) is 14.5 Å². The van der Waals surface area contributed by atoms with E-state index in [0.29, 0.717) is 22.2 Å². The fraction of sp³-hybridized carbons (Fsp3) is 0.375. The molecule has 3 aliphatic rings. The zero-order valence-electron chi connectivity index (χ0n) is 17.8. The molecular weight excluding hydrogens is 414 g/mol. The number of rotatable bonds is 1. The number of aromatic amines is 1. The number of nitriles is 1. The Morgan fingerprint density at radius 1 is 1.22 bits per heavy atom. The van der Waals surface area contributed by atoms with Gasteiger partial charge < -0.3 is 15.8 Å². The number of anilines is 1. The largest absolute Gasteiger partial charge is 0.483 e. The quantitative estimate of drug-likeness (QED) is 0.341. The van der Waals surface area contributed by atoms with Crippen LogP contribution in [-0.4, -0.2) is 21.5 Å². The number of aromatic nitrogens is 2. The number of nitrogens with zero attached hydrogens (tertiary/aromatic N) is 2. The fourth-order valence-electron chi connectivity index (χ4n) is 4.82. The summed E-state index contributed by atoms with van der Waals surface area (Å²) in [5.74, 6) is 2.17. The van der Waals surface area contributed by atoms with Crippen LogP contribution in [-0.2, 0) is 4.79 Å². The first kappa shape index (κ1) is 23.2. The third kappa shape index (κ3) is 5.05. The molecule has 2 aromatic heterocycles. The van der Waals surface area contributed by atoms with Crippen LogP contribution >= 0.6 is 0 Å². The second-order valence-corrected chi connectivity index (χ2v) is 8.38. The monoisotopic (exact) mass is 440 g/mol. The Balaban J connectivity index is 0.000000199. The number of benzene rings is 1. The fourth-order valence-corrected chi connectivity index (χ4v) is 4.82. The smallest absolute Gasteiger partial charge is 0.290 e. The molecule has 3 saturated carbocycles. The highest BCUT2D eigenvalue weighted by atomic mass is 19.1. The molecule has 1 aromatic carbocycles. The molecule has 0 aliphatic heterocycles. The van der Waals surface area contributed by atoms with E-state index in [0.717, 1.165) is 30.0 Å². The van der Waals surface area contributed by atoms with E-state index in [-0.39, 0.29) is 17.7 Å². The summed E-state index contributed by atoms with van der Waals surface area (Å²) in [6, 6.07) is 5.64. The van der Waals surface area contributed by atoms with Crippen molar-refractivity contribution in [2.75, 3.05) is 5.73 Å². The summed E-state index contributed by atoms with van der Waals surface area (Å²) in [7, 11) is 0. The Kier molecular flexibility index (Phi) is 7.41. The number of halogens is 2. The van der Waals surface area contributed by atoms with Gasteiger partial charge in [-0.05, 0) is 55.2 Å². The van der Waals surface area contributed by atoms with E-state index in [2.05, 4.69) is 16.9 Å². The summed E-state index contributed by atoms with van der Waals surface area (Å²) in [5.41, 5.74) is 7.06. The SMILES string of the molecule is CC1CC2CCC1CC2.N#Cc1cc(F)c(N)cc1-c1c[nH]c2ncc(F)cc12.O=CO. The van der Waals surface area contributed by atoms with Crippen LogP contribution < -0.4 is 5.73 Å². The Hall–Kier alpha value is -3.47. The molecule has 2 heterocycles. The lowest BCUT2D eigenvalue weighted by Gasteiger charge is -2.40. The zero-order valence-corrected chi connectivity index (χ0v) is 17.8. The Labute approximate surface area is 185 Å². The highest BCUT2D eigenvalue weighted by molar-refractivity contribution is 5.95. The number of carbonyl (C=O) groups is 1. The number of pyridine rings is 1. The molecule has 8 heteroatoms.